The number of fused-ring (bicyclic) bond motifs is 1. The van der Waals surface area contributed by atoms with Crippen LogP contribution in [-0.2, 0) is 11.8 Å². The average molecular weight is 316 g/mol. The molecule has 1 N–H and O–H groups in total. The molecule has 2 heteroatoms. The largest absolute Gasteiger partial charge is 0.508 e. The molecule has 0 amide bonds. The van der Waals surface area contributed by atoms with Gasteiger partial charge in [0.1, 0.15) is 17.1 Å². The molecule has 1 heterocycles. The van der Waals surface area contributed by atoms with Crippen LogP contribution in [0.1, 0.15) is 83.4 Å². The Labute approximate surface area is 141 Å². The van der Waals surface area contributed by atoms with Crippen LogP contribution in [0.4, 0.5) is 0 Å². The van der Waals surface area contributed by atoms with Crippen LogP contribution in [0.15, 0.2) is 6.07 Å². The van der Waals surface area contributed by atoms with Crippen molar-refractivity contribution in [3.05, 3.63) is 22.8 Å². The number of phenolic OH excluding ortho intramolecular Hbond substituents is 1. The van der Waals surface area contributed by atoms with E-state index >= 15 is 0 Å². The average Bonchev–Trinajstić information content (AvgIpc) is 2.37. The predicted molar refractivity (Wildman–Crippen MR) is 95.5 cm³/mol. The van der Waals surface area contributed by atoms with Crippen molar-refractivity contribution in [2.24, 2.45) is 5.41 Å². The maximum Gasteiger partial charge on any atom is 0.126 e. The van der Waals surface area contributed by atoms with Gasteiger partial charge in [0.25, 0.3) is 0 Å². The number of benzene rings is 1. The summed E-state index contributed by atoms with van der Waals surface area (Å²) < 4.78 is 6.71. The van der Waals surface area contributed by atoms with Crippen molar-refractivity contribution in [2.45, 2.75) is 91.1 Å². The van der Waals surface area contributed by atoms with Crippen LogP contribution >= 0.6 is 0 Å². The lowest BCUT2D eigenvalue weighted by Crippen LogP contribution is -2.46. The highest BCUT2D eigenvalue weighted by atomic mass is 16.5. The Kier molecular flexibility index (Phi) is 3.74. The molecule has 0 aromatic heterocycles. The minimum atomic E-state index is -0.0804. The fourth-order valence-corrected chi connectivity index (χ4v) is 4.99. The van der Waals surface area contributed by atoms with Crippen molar-refractivity contribution in [1.29, 1.82) is 0 Å². The van der Waals surface area contributed by atoms with E-state index in [2.05, 4.69) is 41.5 Å². The first kappa shape index (κ1) is 16.7. The molecule has 1 saturated carbocycles. The van der Waals surface area contributed by atoms with Crippen molar-refractivity contribution in [3.63, 3.8) is 0 Å². The van der Waals surface area contributed by atoms with Crippen LogP contribution in [0.3, 0.4) is 0 Å². The molecule has 23 heavy (non-hydrogen) atoms. The molecule has 1 aliphatic carbocycles. The van der Waals surface area contributed by atoms with E-state index in [0.717, 1.165) is 36.1 Å². The Hall–Kier alpha value is -1.18. The van der Waals surface area contributed by atoms with Gasteiger partial charge in [-0.3, -0.25) is 0 Å². The first-order chi connectivity index (χ1) is 10.5. The van der Waals surface area contributed by atoms with Crippen molar-refractivity contribution >= 4 is 0 Å². The summed E-state index contributed by atoms with van der Waals surface area (Å²) in [6.45, 7) is 13.3. The van der Waals surface area contributed by atoms with Crippen LogP contribution in [-0.4, -0.2) is 10.7 Å². The zero-order chi connectivity index (χ0) is 17.0. The number of rotatable bonds is 0. The lowest BCUT2D eigenvalue weighted by Gasteiger charge is -2.48. The number of aromatic hydroxyl groups is 1. The minimum absolute atomic E-state index is 0.00559. The van der Waals surface area contributed by atoms with Crippen LogP contribution < -0.4 is 4.74 Å². The first-order valence-electron chi connectivity index (χ1n) is 9.08. The van der Waals surface area contributed by atoms with E-state index in [9.17, 15) is 5.11 Å². The van der Waals surface area contributed by atoms with Crippen LogP contribution in [0.2, 0.25) is 0 Å². The van der Waals surface area contributed by atoms with Crippen LogP contribution in [0.5, 0.6) is 11.5 Å². The zero-order valence-corrected chi connectivity index (χ0v) is 15.7. The van der Waals surface area contributed by atoms with Gasteiger partial charge in [-0.15, -0.1) is 0 Å². The van der Waals surface area contributed by atoms with E-state index in [1.165, 1.54) is 24.8 Å². The molecular weight excluding hydrogens is 284 g/mol. The van der Waals surface area contributed by atoms with Gasteiger partial charge >= 0.3 is 0 Å². The van der Waals surface area contributed by atoms with Crippen molar-refractivity contribution in [2.75, 3.05) is 0 Å². The van der Waals surface area contributed by atoms with Crippen LogP contribution in [0, 0.1) is 12.3 Å². The SMILES string of the molecule is Cc1c2c(cc(O)c1C(C)(C)C)CCC1(CCCC(C)(C)C1)O2. The Morgan fingerprint density at radius 1 is 1.13 bits per heavy atom. The second-order valence-electron chi connectivity index (χ2n) is 9.61. The molecule has 128 valence electrons. The molecule has 3 rings (SSSR count). The quantitative estimate of drug-likeness (QED) is 0.669. The highest BCUT2D eigenvalue weighted by Crippen LogP contribution is 2.51. The Morgan fingerprint density at radius 3 is 2.43 bits per heavy atom. The molecule has 1 unspecified atom stereocenters. The lowest BCUT2D eigenvalue weighted by atomic mass is 9.67. The molecule has 1 atom stereocenters. The van der Waals surface area contributed by atoms with Gasteiger partial charge in [-0.1, -0.05) is 34.6 Å². The summed E-state index contributed by atoms with van der Waals surface area (Å²) in [7, 11) is 0. The van der Waals surface area contributed by atoms with Gasteiger partial charge < -0.3 is 9.84 Å². The number of aryl methyl sites for hydroxylation is 1. The number of hydrogen-bond acceptors (Lipinski definition) is 2. The van der Waals surface area contributed by atoms with Crippen molar-refractivity contribution in [3.8, 4) is 11.5 Å². The maximum absolute atomic E-state index is 10.5. The second kappa shape index (κ2) is 5.16. The van der Waals surface area contributed by atoms with Crippen molar-refractivity contribution in [1.82, 2.24) is 0 Å². The topological polar surface area (TPSA) is 29.5 Å². The molecule has 1 aromatic rings. The number of hydrogen-bond donors (Lipinski definition) is 1. The maximum atomic E-state index is 10.5. The summed E-state index contributed by atoms with van der Waals surface area (Å²) in [5.74, 6) is 1.48. The van der Waals surface area contributed by atoms with E-state index < -0.39 is 0 Å². The van der Waals surface area contributed by atoms with Crippen LogP contribution in [0.25, 0.3) is 0 Å². The van der Waals surface area contributed by atoms with E-state index in [1.54, 1.807) is 0 Å². The standard InChI is InChI=1S/C21H32O2/c1-14-17(19(2,3)4)16(22)12-15-8-11-21(23-18(14)15)10-7-9-20(5,6)13-21/h12,22H,7-11,13H2,1-6H3. The molecular formula is C21H32O2. The molecule has 0 radical (unpaired) electrons. The molecule has 1 aromatic carbocycles. The number of ether oxygens (including phenoxy) is 1. The van der Waals surface area contributed by atoms with Crippen molar-refractivity contribution < 1.29 is 9.84 Å². The van der Waals surface area contributed by atoms with Gasteiger partial charge in [-0.05, 0) is 73.5 Å². The summed E-state index contributed by atoms with van der Waals surface area (Å²) in [5, 5.41) is 10.5. The zero-order valence-electron chi connectivity index (χ0n) is 15.7. The van der Waals surface area contributed by atoms with E-state index in [1.807, 2.05) is 6.07 Å². The Morgan fingerprint density at radius 2 is 1.83 bits per heavy atom. The highest BCUT2D eigenvalue weighted by molar-refractivity contribution is 5.56. The van der Waals surface area contributed by atoms with Gasteiger partial charge in [-0.2, -0.15) is 0 Å². The summed E-state index contributed by atoms with van der Waals surface area (Å²) in [6, 6.07) is 1.95. The van der Waals surface area contributed by atoms with Gasteiger partial charge in [0.05, 0.1) is 0 Å². The highest BCUT2D eigenvalue weighted by Gasteiger charge is 2.44. The fraction of sp³-hybridized carbons (Fsp3) is 0.714. The third kappa shape index (κ3) is 2.97. The second-order valence-corrected chi connectivity index (χ2v) is 9.61. The molecule has 0 saturated heterocycles. The third-order valence-corrected chi connectivity index (χ3v) is 5.78. The Bertz CT molecular complexity index is 622. The minimum Gasteiger partial charge on any atom is -0.508 e. The predicted octanol–water partition coefficient (Wildman–Crippen LogP) is 5.66. The molecule has 1 aliphatic heterocycles. The van der Waals surface area contributed by atoms with Gasteiger partial charge in [0.2, 0.25) is 0 Å². The number of phenols is 1. The monoisotopic (exact) mass is 316 g/mol. The normalized spacial score (nSPS) is 26.7. The fourth-order valence-electron chi connectivity index (χ4n) is 4.99. The Balaban J connectivity index is 2.03. The van der Waals surface area contributed by atoms with Gasteiger partial charge in [0.15, 0.2) is 0 Å². The van der Waals surface area contributed by atoms with E-state index in [-0.39, 0.29) is 11.0 Å². The van der Waals surface area contributed by atoms with E-state index in [0.29, 0.717) is 11.2 Å². The van der Waals surface area contributed by atoms with Gasteiger partial charge in [0, 0.05) is 5.56 Å². The molecule has 1 fully saturated rings. The molecule has 2 nitrogen and oxygen atoms in total. The molecule has 0 bridgehead atoms. The summed E-state index contributed by atoms with van der Waals surface area (Å²) in [4.78, 5) is 0. The smallest absolute Gasteiger partial charge is 0.126 e. The first-order valence-corrected chi connectivity index (χ1v) is 9.08. The molecule has 1 spiro atoms. The summed E-state index contributed by atoms with van der Waals surface area (Å²) in [5.41, 5.74) is 3.64. The lowest BCUT2D eigenvalue weighted by molar-refractivity contribution is -0.0324. The van der Waals surface area contributed by atoms with E-state index in [4.69, 9.17) is 4.74 Å². The summed E-state index contributed by atoms with van der Waals surface area (Å²) in [6.07, 6.45) is 6.96. The van der Waals surface area contributed by atoms with Gasteiger partial charge in [-0.25, -0.2) is 0 Å². The third-order valence-electron chi connectivity index (χ3n) is 5.78. The summed E-state index contributed by atoms with van der Waals surface area (Å²) >= 11 is 0. The molecule has 2 aliphatic rings.